The first-order valence-corrected chi connectivity index (χ1v) is 6.47. The molecular formula is C16H14F3NO. The molecule has 21 heavy (non-hydrogen) atoms. The van der Waals surface area contributed by atoms with E-state index >= 15 is 0 Å². The lowest BCUT2D eigenvalue weighted by atomic mass is 10.1. The van der Waals surface area contributed by atoms with Gasteiger partial charge in [0.2, 0.25) is 0 Å². The van der Waals surface area contributed by atoms with E-state index in [4.69, 9.17) is 0 Å². The van der Waals surface area contributed by atoms with Gasteiger partial charge in [-0.15, -0.1) is 0 Å². The van der Waals surface area contributed by atoms with Gasteiger partial charge in [-0.3, -0.25) is 4.79 Å². The Kier molecular flexibility index (Phi) is 4.62. The van der Waals surface area contributed by atoms with E-state index in [1.807, 2.05) is 30.3 Å². The molecule has 0 atom stereocenters. The minimum absolute atomic E-state index is 0.287. The first-order chi connectivity index (χ1) is 9.98. The highest BCUT2D eigenvalue weighted by Crippen LogP contribution is 2.31. The molecule has 0 saturated heterocycles. The van der Waals surface area contributed by atoms with Gasteiger partial charge in [-0.1, -0.05) is 42.5 Å². The van der Waals surface area contributed by atoms with E-state index in [9.17, 15) is 18.0 Å². The fourth-order valence-corrected chi connectivity index (χ4v) is 1.99. The number of rotatable bonds is 4. The van der Waals surface area contributed by atoms with Crippen molar-refractivity contribution in [1.29, 1.82) is 0 Å². The van der Waals surface area contributed by atoms with Crippen molar-refractivity contribution in [3.8, 4) is 0 Å². The van der Waals surface area contributed by atoms with Crippen LogP contribution in [0.3, 0.4) is 0 Å². The van der Waals surface area contributed by atoms with Crippen molar-refractivity contribution in [2.75, 3.05) is 6.54 Å². The van der Waals surface area contributed by atoms with Crippen LogP contribution in [0.5, 0.6) is 0 Å². The third kappa shape index (κ3) is 4.08. The fourth-order valence-electron chi connectivity index (χ4n) is 1.99. The Morgan fingerprint density at radius 3 is 2.24 bits per heavy atom. The predicted molar refractivity (Wildman–Crippen MR) is 73.9 cm³/mol. The molecule has 0 aliphatic carbocycles. The van der Waals surface area contributed by atoms with Crippen LogP contribution in [-0.2, 0) is 12.6 Å². The summed E-state index contributed by atoms with van der Waals surface area (Å²) in [6.45, 7) is 0.287. The van der Waals surface area contributed by atoms with Crippen LogP contribution in [0.1, 0.15) is 21.5 Å². The second-order valence-corrected chi connectivity index (χ2v) is 4.53. The second kappa shape index (κ2) is 6.43. The molecular weight excluding hydrogens is 279 g/mol. The maximum atomic E-state index is 12.8. The van der Waals surface area contributed by atoms with Gasteiger partial charge >= 0.3 is 6.18 Å². The maximum Gasteiger partial charge on any atom is 0.417 e. The molecule has 1 N–H and O–H groups in total. The number of alkyl halides is 3. The normalized spacial score (nSPS) is 11.2. The summed E-state index contributed by atoms with van der Waals surface area (Å²) in [5, 5.41) is 2.52. The van der Waals surface area contributed by atoms with Gasteiger partial charge in [0.25, 0.3) is 5.91 Å². The van der Waals surface area contributed by atoms with E-state index in [1.54, 1.807) is 0 Å². The second-order valence-electron chi connectivity index (χ2n) is 4.53. The van der Waals surface area contributed by atoms with Gasteiger partial charge in [0.05, 0.1) is 11.1 Å². The third-order valence-corrected chi connectivity index (χ3v) is 3.02. The van der Waals surface area contributed by atoms with Crippen LogP contribution in [0.15, 0.2) is 54.6 Å². The van der Waals surface area contributed by atoms with Crippen LogP contribution >= 0.6 is 0 Å². The fraction of sp³-hybridized carbons (Fsp3) is 0.188. The lowest BCUT2D eigenvalue weighted by Crippen LogP contribution is -2.28. The number of hydrogen-bond donors (Lipinski definition) is 1. The Morgan fingerprint density at radius 2 is 1.57 bits per heavy atom. The van der Waals surface area contributed by atoms with Gasteiger partial charge in [0.15, 0.2) is 0 Å². The molecule has 1 amide bonds. The molecule has 0 aliphatic heterocycles. The largest absolute Gasteiger partial charge is 0.417 e. The lowest BCUT2D eigenvalue weighted by Gasteiger charge is -2.12. The van der Waals surface area contributed by atoms with E-state index < -0.39 is 17.6 Å². The molecule has 110 valence electrons. The van der Waals surface area contributed by atoms with Crippen LogP contribution in [-0.4, -0.2) is 12.5 Å². The van der Waals surface area contributed by atoms with Crippen molar-refractivity contribution in [3.05, 3.63) is 71.3 Å². The summed E-state index contributed by atoms with van der Waals surface area (Å²) in [6.07, 6.45) is -3.96. The first kappa shape index (κ1) is 15.1. The first-order valence-electron chi connectivity index (χ1n) is 6.47. The molecule has 2 aromatic carbocycles. The average Bonchev–Trinajstić information content (AvgIpc) is 2.47. The molecule has 2 aromatic rings. The minimum atomic E-state index is -4.53. The van der Waals surface area contributed by atoms with Crippen LogP contribution in [0.25, 0.3) is 0 Å². The SMILES string of the molecule is O=C(NCCc1ccccc1)c1ccccc1C(F)(F)F. The molecule has 0 bridgehead atoms. The summed E-state index contributed by atoms with van der Waals surface area (Å²) in [6, 6.07) is 14.2. The smallest absolute Gasteiger partial charge is 0.352 e. The van der Waals surface area contributed by atoms with E-state index in [2.05, 4.69) is 5.32 Å². The van der Waals surface area contributed by atoms with Gasteiger partial charge in [0.1, 0.15) is 0 Å². The van der Waals surface area contributed by atoms with Gasteiger partial charge in [-0.05, 0) is 24.1 Å². The molecule has 0 saturated carbocycles. The number of carbonyl (C=O) groups is 1. The van der Waals surface area contributed by atoms with Crippen molar-refractivity contribution in [3.63, 3.8) is 0 Å². The van der Waals surface area contributed by atoms with E-state index in [0.29, 0.717) is 6.42 Å². The van der Waals surface area contributed by atoms with Crippen LogP contribution in [0.2, 0.25) is 0 Å². The molecule has 0 fully saturated rings. The molecule has 2 rings (SSSR count). The van der Waals surface area contributed by atoms with Crippen LogP contribution in [0.4, 0.5) is 13.2 Å². The van der Waals surface area contributed by atoms with Gasteiger partial charge in [-0.2, -0.15) is 13.2 Å². The predicted octanol–water partition coefficient (Wildman–Crippen LogP) is 3.68. The Labute approximate surface area is 120 Å². The van der Waals surface area contributed by atoms with Crippen molar-refractivity contribution in [2.45, 2.75) is 12.6 Å². The highest BCUT2D eigenvalue weighted by atomic mass is 19.4. The molecule has 0 unspecified atom stereocenters. The molecule has 0 aliphatic rings. The molecule has 0 heterocycles. The van der Waals surface area contributed by atoms with E-state index in [0.717, 1.165) is 11.6 Å². The number of carbonyl (C=O) groups excluding carboxylic acids is 1. The lowest BCUT2D eigenvalue weighted by molar-refractivity contribution is -0.137. The van der Waals surface area contributed by atoms with Gasteiger partial charge in [-0.25, -0.2) is 0 Å². The summed E-state index contributed by atoms with van der Waals surface area (Å²) >= 11 is 0. The number of amides is 1. The Balaban J connectivity index is 2.01. The highest BCUT2D eigenvalue weighted by Gasteiger charge is 2.34. The van der Waals surface area contributed by atoms with E-state index in [1.165, 1.54) is 18.2 Å². The summed E-state index contributed by atoms with van der Waals surface area (Å²) in [5.74, 6) is -0.709. The number of hydrogen-bond acceptors (Lipinski definition) is 1. The van der Waals surface area contributed by atoms with Crippen LogP contribution < -0.4 is 5.32 Å². The Hall–Kier alpha value is -2.30. The Bertz CT molecular complexity index is 608. The topological polar surface area (TPSA) is 29.1 Å². The number of benzene rings is 2. The summed E-state index contributed by atoms with van der Waals surface area (Å²) in [7, 11) is 0. The summed E-state index contributed by atoms with van der Waals surface area (Å²) in [5.41, 5.74) is -0.248. The monoisotopic (exact) mass is 293 g/mol. The molecule has 0 radical (unpaired) electrons. The van der Waals surface area contributed by atoms with Crippen molar-refractivity contribution in [2.24, 2.45) is 0 Å². The number of nitrogens with one attached hydrogen (secondary N) is 1. The average molecular weight is 293 g/mol. The zero-order valence-electron chi connectivity index (χ0n) is 11.2. The highest BCUT2D eigenvalue weighted by molar-refractivity contribution is 5.95. The van der Waals surface area contributed by atoms with E-state index in [-0.39, 0.29) is 12.1 Å². The number of halogens is 3. The van der Waals surface area contributed by atoms with Crippen molar-refractivity contribution < 1.29 is 18.0 Å². The zero-order valence-corrected chi connectivity index (χ0v) is 11.2. The van der Waals surface area contributed by atoms with Crippen LogP contribution in [0, 0.1) is 0 Å². The summed E-state index contributed by atoms with van der Waals surface area (Å²) < 4.78 is 38.4. The quantitative estimate of drug-likeness (QED) is 0.915. The van der Waals surface area contributed by atoms with Gasteiger partial charge in [0, 0.05) is 6.54 Å². The molecule has 2 nitrogen and oxygen atoms in total. The summed E-state index contributed by atoms with van der Waals surface area (Å²) in [4.78, 5) is 11.9. The zero-order chi connectivity index (χ0) is 15.3. The molecule has 0 spiro atoms. The molecule has 5 heteroatoms. The standard InChI is InChI=1S/C16H14F3NO/c17-16(18,19)14-9-5-4-8-13(14)15(21)20-11-10-12-6-2-1-3-7-12/h1-9H,10-11H2,(H,20,21). The Morgan fingerprint density at radius 1 is 0.952 bits per heavy atom. The van der Waals surface area contributed by atoms with Gasteiger partial charge < -0.3 is 5.32 Å². The van der Waals surface area contributed by atoms with Crippen molar-refractivity contribution >= 4 is 5.91 Å². The van der Waals surface area contributed by atoms with Crippen molar-refractivity contribution in [1.82, 2.24) is 5.32 Å². The maximum absolute atomic E-state index is 12.8. The minimum Gasteiger partial charge on any atom is -0.352 e. The molecule has 0 aromatic heterocycles. The third-order valence-electron chi connectivity index (χ3n) is 3.02.